The molecule has 0 aliphatic carbocycles. The Morgan fingerprint density at radius 2 is 2.11 bits per heavy atom. The van der Waals surface area contributed by atoms with Crippen LogP contribution in [0.15, 0.2) is 36.5 Å². The number of hydrogen-bond donors (Lipinski definition) is 1. The lowest BCUT2D eigenvalue weighted by molar-refractivity contribution is -0.124. The molecule has 1 fully saturated rings. The van der Waals surface area contributed by atoms with Crippen molar-refractivity contribution in [1.29, 1.82) is 0 Å². The van der Waals surface area contributed by atoms with Crippen LogP contribution in [0.2, 0.25) is 0 Å². The summed E-state index contributed by atoms with van der Waals surface area (Å²) >= 11 is 0. The molecular weight excluding hydrogens is 236 g/mol. The van der Waals surface area contributed by atoms with Crippen molar-refractivity contribution in [3.8, 4) is 0 Å². The van der Waals surface area contributed by atoms with Crippen molar-refractivity contribution >= 4 is 16.8 Å². The van der Waals surface area contributed by atoms with Crippen LogP contribution >= 0.6 is 0 Å². The van der Waals surface area contributed by atoms with E-state index in [4.69, 9.17) is 0 Å². The minimum atomic E-state index is 0.105. The second-order valence-electron chi connectivity index (χ2n) is 5.18. The van der Waals surface area contributed by atoms with Gasteiger partial charge >= 0.3 is 0 Å². The normalized spacial score (nSPS) is 20.0. The van der Waals surface area contributed by atoms with Crippen LogP contribution in [0, 0.1) is 5.92 Å². The van der Waals surface area contributed by atoms with Crippen LogP contribution in [0.5, 0.6) is 0 Å². The molecule has 1 aromatic heterocycles. The Hall–Kier alpha value is -1.90. The molecule has 1 aromatic carbocycles. The molecule has 0 bridgehead atoms. The summed E-state index contributed by atoms with van der Waals surface area (Å²) in [5, 5.41) is 4.18. The van der Waals surface area contributed by atoms with Gasteiger partial charge in [0.1, 0.15) is 0 Å². The zero-order valence-corrected chi connectivity index (χ0v) is 10.9. The lowest BCUT2D eigenvalue weighted by Crippen LogP contribution is -2.30. The zero-order valence-electron chi connectivity index (χ0n) is 10.9. The SMILES string of the molecule is O=C1NCCCCC1Cc1ccnc2ccccc12. The average molecular weight is 254 g/mol. The van der Waals surface area contributed by atoms with Crippen molar-refractivity contribution in [2.45, 2.75) is 25.7 Å². The summed E-state index contributed by atoms with van der Waals surface area (Å²) in [5.41, 5.74) is 2.24. The molecule has 1 aliphatic rings. The number of nitrogens with zero attached hydrogens (tertiary/aromatic N) is 1. The van der Waals surface area contributed by atoms with Crippen molar-refractivity contribution in [2.75, 3.05) is 6.54 Å². The molecule has 1 amide bonds. The first kappa shape index (κ1) is 12.2. The molecule has 3 rings (SSSR count). The molecule has 2 heterocycles. The van der Waals surface area contributed by atoms with E-state index >= 15 is 0 Å². The second kappa shape index (κ2) is 5.39. The molecule has 98 valence electrons. The highest BCUT2D eigenvalue weighted by Crippen LogP contribution is 2.23. The molecule has 3 nitrogen and oxygen atoms in total. The third kappa shape index (κ3) is 2.60. The maximum Gasteiger partial charge on any atom is 0.223 e. The van der Waals surface area contributed by atoms with Crippen LogP contribution in [-0.4, -0.2) is 17.4 Å². The molecular formula is C16H18N2O. The summed E-state index contributed by atoms with van der Waals surface area (Å²) in [4.78, 5) is 16.4. The number of aromatic nitrogens is 1. The summed E-state index contributed by atoms with van der Waals surface area (Å²) in [6, 6.07) is 10.2. The van der Waals surface area contributed by atoms with Gasteiger partial charge in [0, 0.05) is 24.0 Å². The molecule has 1 atom stereocenters. The quantitative estimate of drug-likeness (QED) is 0.895. The van der Waals surface area contributed by atoms with Gasteiger partial charge in [-0.1, -0.05) is 24.6 Å². The van der Waals surface area contributed by atoms with Gasteiger partial charge in [-0.15, -0.1) is 0 Å². The Labute approximate surface area is 113 Å². The number of hydrogen-bond acceptors (Lipinski definition) is 2. The standard InChI is InChI=1S/C16H18N2O/c19-16-13(5-3-4-9-18-16)11-12-8-10-17-15-7-2-1-6-14(12)15/h1-2,6-8,10,13H,3-5,9,11H2,(H,18,19). The number of benzene rings is 1. The van der Waals surface area contributed by atoms with E-state index < -0.39 is 0 Å². The Morgan fingerprint density at radius 3 is 3.05 bits per heavy atom. The highest BCUT2D eigenvalue weighted by atomic mass is 16.1. The number of pyridine rings is 1. The third-order valence-electron chi connectivity index (χ3n) is 3.86. The first-order valence-corrected chi connectivity index (χ1v) is 6.95. The predicted octanol–water partition coefficient (Wildman–Crippen LogP) is 2.69. The number of rotatable bonds is 2. The minimum absolute atomic E-state index is 0.105. The number of carbonyl (C=O) groups excluding carboxylic acids is 1. The number of nitrogens with one attached hydrogen (secondary N) is 1. The van der Waals surface area contributed by atoms with Gasteiger partial charge in [0.25, 0.3) is 0 Å². The average Bonchev–Trinajstić information content (AvgIpc) is 2.65. The van der Waals surface area contributed by atoms with E-state index in [9.17, 15) is 4.79 Å². The lowest BCUT2D eigenvalue weighted by atomic mass is 9.93. The molecule has 0 spiro atoms. The van der Waals surface area contributed by atoms with Gasteiger partial charge in [0.2, 0.25) is 5.91 Å². The van der Waals surface area contributed by atoms with Crippen molar-refractivity contribution in [3.63, 3.8) is 0 Å². The number of carbonyl (C=O) groups is 1. The van der Waals surface area contributed by atoms with E-state index in [0.29, 0.717) is 0 Å². The molecule has 0 saturated carbocycles. The van der Waals surface area contributed by atoms with Crippen molar-refractivity contribution in [1.82, 2.24) is 10.3 Å². The monoisotopic (exact) mass is 254 g/mol. The number of fused-ring (bicyclic) bond motifs is 1. The lowest BCUT2D eigenvalue weighted by Gasteiger charge is -2.14. The largest absolute Gasteiger partial charge is 0.356 e. The highest BCUT2D eigenvalue weighted by Gasteiger charge is 2.21. The van der Waals surface area contributed by atoms with E-state index in [1.807, 2.05) is 30.5 Å². The second-order valence-corrected chi connectivity index (χ2v) is 5.18. The van der Waals surface area contributed by atoms with Gasteiger partial charge in [-0.05, 0) is 37.0 Å². The first-order valence-electron chi connectivity index (χ1n) is 6.95. The van der Waals surface area contributed by atoms with Crippen LogP contribution in [0.1, 0.15) is 24.8 Å². The molecule has 1 saturated heterocycles. The highest BCUT2D eigenvalue weighted by molar-refractivity contribution is 5.84. The summed E-state index contributed by atoms with van der Waals surface area (Å²) in [7, 11) is 0. The summed E-state index contributed by atoms with van der Waals surface area (Å²) in [6.45, 7) is 0.826. The van der Waals surface area contributed by atoms with E-state index in [1.165, 1.54) is 10.9 Å². The van der Waals surface area contributed by atoms with Crippen LogP contribution in [-0.2, 0) is 11.2 Å². The topological polar surface area (TPSA) is 42.0 Å². The van der Waals surface area contributed by atoms with Gasteiger partial charge < -0.3 is 5.32 Å². The molecule has 1 N–H and O–H groups in total. The fourth-order valence-electron chi connectivity index (χ4n) is 2.80. The molecule has 0 radical (unpaired) electrons. The number of amides is 1. The van der Waals surface area contributed by atoms with Gasteiger partial charge in [0.05, 0.1) is 5.52 Å². The Bertz CT molecular complexity index is 589. The Kier molecular flexibility index (Phi) is 3.45. The smallest absolute Gasteiger partial charge is 0.223 e. The Balaban J connectivity index is 1.90. The van der Waals surface area contributed by atoms with Crippen LogP contribution < -0.4 is 5.32 Å². The van der Waals surface area contributed by atoms with E-state index in [0.717, 1.165) is 37.7 Å². The van der Waals surface area contributed by atoms with Gasteiger partial charge in [-0.2, -0.15) is 0 Å². The van der Waals surface area contributed by atoms with Crippen molar-refractivity contribution in [2.24, 2.45) is 5.92 Å². The summed E-state index contributed by atoms with van der Waals surface area (Å²) in [5.74, 6) is 0.312. The van der Waals surface area contributed by atoms with Crippen molar-refractivity contribution in [3.05, 3.63) is 42.1 Å². The number of para-hydroxylation sites is 1. The maximum absolute atomic E-state index is 12.0. The first-order chi connectivity index (χ1) is 9.34. The fraction of sp³-hybridized carbons (Fsp3) is 0.375. The zero-order chi connectivity index (χ0) is 13.1. The van der Waals surface area contributed by atoms with E-state index in [1.54, 1.807) is 0 Å². The summed E-state index contributed by atoms with van der Waals surface area (Å²) < 4.78 is 0. The molecule has 2 aromatic rings. The molecule has 19 heavy (non-hydrogen) atoms. The molecule has 1 unspecified atom stereocenters. The van der Waals surface area contributed by atoms with Gasteiger partial charge in [-0.25, -0.2) is 0 Å². The van der Waals surface area contributed by atoms with E-state index in [-0.39, 0.29) is 11.8 Å². The van der Waals surface area contributed by atoms with Crippen LogP contribution in [0.25, 0.3) is 10.9 Å². The Morgan fingerprint density at radius 1 is 1.21 bits per heavy atom. The van der Waals surface area contributed by atoms with Crippen molar-refractivity contribution < 1.29 is 4.79 Å². The predicted molar refractivity (Wildman–Crippen MR) is 75.8 cm³/mol. The minimum Gasteiger partial charge on any atom is -0.356 e. The maximum atomic E-state index is 12.0. The molecule has 3 heteroatoms. The summed E-state index contributed by atoms with van der Waals surface area (Å²) in [6.07, 6.45) is 5.87. The third-order valence-corrected chi connectivity index (χ3v) is 3.86. The van der Waals surface area contributed by atoms with Crippen LogP contribution in [0.4, 0.5) is 0 Å². The van der Waals surface area contributed by atoms with Crippen LogP contribution in [0.3, 0.4) is 0 Å². The van der Waals surface area contributed by atoms with E-state index in [2.05, 4.69) is 16.4 Å². The van der Waals surface area contributed by atoms with Gasteiger partial charge in [-0.3, -0.25) is 9.78 Å². The fourth-order valence-corrected chi connectivity index (χ4v) is 2.80. The molecule has 1 aliphatic heterocycles. The van der Waals surface area contributed by atoms with Gasteiger partial charge in [0.15, 0.2) is 0 Å².